The Morgan fingerprint density at radius 1 is 0.778 bits per heavy atom. The second kappa shape index (κ2) is 9.83. The summed E-state index contributed by atoms with van der Waals surface area (Å²) in [6, 6.07) is 0. The fourth-order valence-corrected chi connectivity index (χ4v) is 2.66. The molecule has 0 aromatic rings. The van der Waals surface area contributed by atoms with Gasteiger partial charge in [-0.25, -0.2) is 0 Å². The Labute approximate surface area is 117 Å². The molecular weight excluding hydrogens is 218 g/mol. The van der Waals surface area contributed by atoms with Gasteiger partial charge in [-0.15, -0.1) is 0 Å². The van der Waals surface area contributed by atoms with Crippen LogP contribution in [-0.4, -0.2) is 23.5 Å². The van der Waals surface area contributed by atoms with Crippen molar-refractivity contribution in [3.8, 4) is 0 Å². The Balaban J connectivity index is 0. The van der Waals surface area contributed by atoms with Gasteiger partial charge in [0.1, 0.15) is 0 Å². The highest BCUT2D eigenvalue weighted by Gasteiger charge is 2.31. The average Bonchev–Trinajstić information content (AvgIpc) is 2.30. The summed E-state index contributed by atoms with van der Waals surface area (Å²) in [7, 11) is 0. The van der Waals surface area contributed by atoms with Crippen LogP contribution < -0.4 is 0 Å². The zero-order valence-corrected chi connectivity index (χ0v) is 14.7. The molecule has 0 atom stereocenters. The molecule has 0 radical (unpaired) electrons. The van der Waals surface area contributed by atoms with Gasteiger partial charge in [0.05, 0.1) is 0 Å². The highest BCUT2D eigenvalue weighted by Crippen LogP contribution is 2.34. The van der Waals surface area contributed by atoms with Crippen LogP contribution in [0, 0.1) is 5.41 Å². The predicted octanol–water partition coefficient (Wildman–Crippen LogP) is 5.74. The van der Waals surface area contributed by atoms with E-state index in [0.717, 1.165) is 0 Å². The van der Waals surface area contributed by atoms with Crippen molar-refractivity contribution in [2.24, 2.45) is 5.41 Å². The van der Waals surface area contributed by atoms with Gasteiger partial charge in [-0.1, -0.05) is 54.9 Å². The summed E-state index contributed by atoms with van der Waals surface area (Å²) in [6.07, 6.45) is 5.07. The summed E-state index contributed by atoms with van der Waals surface area (Å²) >= 11 is 0. The molecule has 0 aliphatic heterocycles. The van der Waals surface area contributed by atoms with E-state index in [1.165, 1.54) is 38.8 Å². The highest BCUT2D eigenvalue weighted by atomic mass is 15.2. The normalized spacial score (nSPS) is 12.3. The molecule has 0 saturated carbocycles. The number of hydrogen-bond acceptors (Lipinski definition) is 1. The van der Waals surface area contributed by atoms with Crippen molar-refractivity contribution in [1.82, 2.24) is 4.90 Å². The van der Waals surface area contributed by atoms with Crippen LogP contribution in [0.25, 0.3) is 0 Å². The van der Waals surface area contributed by atoms with Crippen LogP contribution in [0.3, 0.4) is 0 Å². The van der Waals surface area contributed by atoms with E-state index >= 15 is 0 Å². The predicted molar refractivity (Wildman–Crippen MR) is 86.3 cm³/mol. The third-order valence-corrected chi connectivity index (χ3v) is 3.71. The third-order valence-electron chi connectivity index (χ3n) is 3.71. The van der Waals surface area contributed by atoms with Gasteiger partial charge in [0, 0.05) is 5.54 Å². The molecule has 0 aromatic carbocycles. The van der Waals surface area contributed by atoms with E-state index in [1.54, 1.807) is 0 Å². The Kier molecular flexibility index (Phi) is 11.1. The maximum atomic E-state index is 2.67. The van der Waals surface area contributed by atoms with E-state index in [9.17, 15) is 0 Å². The largest absolute Gasteiger partial charge is 0.298 e. The van der Waals surface area contributed by atoms with E-state index in [1.807, 2.05) is 13.8 Å². The minimum absolute atomic E-state index is 0.339. The third kappa shape index (κ3) is 8.13. The molecule has 0 rings (SSSR count). The molecule has 0 aliphatic rings. The van der Waals surface area contributed by atoms with E-state index in [2.05, 4.69) is 53.4 Å². The summed E-state index contributed by atoms with van der Waals surface area (Å²) in [5.41, 5.74) is 0.800. The lowest BCUT2D eigenvalue weighted by molar-refractivity contribution is 0.0699. The fraction of sp³-hybridized carbons (Fsp3) is 1.00. The maximum Gasteiger partial charge on any atom is 0.0158 e. The Bertz CT molecular complexity index is 176. The Hall–Kier alpha value is -0.0400. The first-order valence-electron chi connectivity index (χ1n) is 8.04. The lowest BCUT2D eigenvalue weighted by Crippen LogP contribution is -2.47. The molecule has 0 fully saturated rings. The highest BCUT2D eigenvalue weighted by molar-refractivity contribution is 4.87. The minimum atomic E-state index is 0.339. The molecule has 0 N–H and O–H groups in total. The van der Waals surface area contributed by atoms with E-state index in [-0.39, 0.29) is 0 Å². The summed E-state index contributed by atoms with van der Waals surface area (Å²) in [4.78, 5) is 2.67. The van der Waals surface area contributed by atoms with Crippen molar-refractivity contribution < 1.29 is 0 Å². The van der Waals surface area contributed by atoms with Crippen molar-refractivity contribution in [2.75, 3.05) is 13.1 Å². The molecule has 0 unspecified atom stereocenters. The van der Waals surface area contributed by atoms with Gasteiger partial charge in [0.15, 0.2) is 0 Å². The van der Waals surface area contributed by atoms with Crippen LogP contribution in [0.2, 0.25) is 0 Å². The van der Waals surface area contributed by atoms with Crippen LogP contribution in [0.4, 0.5) is 0 Å². The number of hydrogen-bond donors (Lipinski definition) is 0. The monoisotopic (exact) mass is 257 g/mol. The SMILES string of the molecule is CC.CCCN(CCC)C(C)(C)CC(C)(C)CC. The van der Waals surface area contributed by atoms with Crippen LogP contribution in [-0.2, 0) is 0 Å². The molecule has 0 bridgehead atoms. The van der Waals surface area contributed by atoms with Gasteiger partial charge in [0.2, 0.25) is 0 Å². The topological polar surface area (TPSA) is 3.24 Å². The van der Waals surface area contributed by atoms with E-state index < -0.39 is 0 Å². The van der Waals surface area contributed by atoms with Crippen molar-refractivity contribution in [3.63, 3.8) is 0 Å². The summed E-state index contributed by atoms with van der Waals surface area (Å²) in [5.74, 6) is 0. The van der Waals surface area contributed by atoms with Crippen molar-refractivity contribution in [1.29, 1.82) is 0 Å². The van der Waals surface area contributed by atoms with Gasteiger partial charge in [-0.3, -0.25) is 4.90 Å². The maximum absolute atomic E-state index is 2.67. The first-order chi connectivity index (χ1) is 8.29. The Morgan fingerprint density at radius 3 is 1.44 bits per heavy atom. The summed E-state index contributed by atoms with van der Waals surface area (Å²) < 4.78 is 0. The molecule has 0 amide bonds. The van der Waals surface area contributed by atoms with Gasteiger partial charge >= 0.3 is 0 Å². The van der Waals surface area contributed by atoms with E-state index in [4.69, 9.17) is 0 Å². The van der Waals surface area contributed by atoms with Crippen LogP contribution in [0.5, 0.6) is 0 Å². The van der Waals surface area contributed by atoms with Crippen LogP contribution in [0.1, 0.15) is 88.0 Å². The fourth-order valence-electron chi connectivity index (χ4n) is 2.66. The molecule has 0 heterocycles. The summed E-state index contributed by atoms with van der Waals surface area (Å²) in [6.45, 7) is 23.0. The standard InChI is InChI=1S/C15H33N.C2H6/c1-8-11-16(12-9-2)15(6,7)13-14(4,5)10-3;1-2/h8-13H2,1-7H3;1-2H3. The Morgan fingerprint density at radius 2 is 1.17 bits per heavy atom. The van der Waals surface area contributed by atoms with Gasteiger partial charge < -0.3 is 0 Å². The van der Waals surface area contributed by atoms with Crippen molar-refractivity contribution >= 4 is 0 Å². The molecule has 0 aliphatic carbocycles. The number of nitrogens with zero attached hydrogens (tertiary/aromatic N) is 1. The van der Waals surface area contributed by atoms with Crippen molar-refractivity contribution in [2.45, 2.75) is 93.5 Å². The second-order valence-electron chi connectivity index (χ2n) is 6.49. The molecule has 1 nitrogen and oxygen atoms in total. The van der Waals surface area contributed by atoms with Gasteiger partial charge in [-0.05, 0) is 51.6 Å². The molecule has 0 saturated heterocycles. The smallest absolute Gasteiger partial charge is 0.0158 e. The lowest BCUT2D eigenvalue weighted by Gasteiger charge is -2.43. The zero-order valence-electron chi connectivity index (χ0n) is 14.7. The van der Waals surface area contributed by atoms with Gasteiger partial charge in [0.25, 0.3) is 0 Å². The second-order valence-corrected chi connectivity index (χ2v) is 6.49. The molecule has 0 spiro atoms. The number of rotatable bonds is 8. The molecular formula is C17H39N. The zero-order chi connectivity index (χ0) is 14.8. The average molecular weight is 258 g/mol. The molecule has 112 valence electrons. The van der Waals surface area contributed by atoms with Crippen molar-refractivity contribution in [3.05, 3.63) is 0 Å². The molecule has 18 heavy (non-hydrogen) atoms. The molecule has 1 heteroatoms. The first kappa shape index (κ1) is 20.3. The lowest BCUT2D eigenvalue weighted by atomic mass is 9.77. The van der Waals surface area contributed by atoms with Crippen LogP contribution >= 0.6 is 0 Å². The first-order valence-corrected chi connectivity index (χ1v) is 8.04. The summed E-state index contributed by atoms with van der Waals surface area (Å²) in [5, 5.41) is 0. The quantitative estimate of drug-likeness (QED) is 0.536. The van der Waals surface area contributed by atoms with Crippen LogP contribution in [0.15, 0.2) is 0 Å². The molecule has 0 aromatic heterocycles. The minimum Gasteiger partial charge on any atom is -0.298 e. The van der Waals surface area contributed by atoms with E-state index in [0.29, 0.717) is 11.0 Å². The van der Waals surface area contributed by atoms with Gasteiger partial charge in [-0.2, -0.15) is 0 Å².